The first-order chi connectivity index (χ1) is 8.16. The van der Waals surface area contributed by atoms with E-state index < -0.39 is 11.9 Å². The molecule has 2 unspecified atom stereocenters. The van der Waals surface area contributed by atoms with Crippen molar-refractivity contribution >= 4 is 30.7 Å². The first kappa shape index (κ1) is 18.0. The topological polar surface area (TPSA) is 74.2 Å². The van der Waals surface area contributed by atoms with Gasteiger partial charge in [-0.2, -0.15) is 0 Å². The van der Waals surface area contributed by atoms with Gasteiger partial charge in [0.2, 0.25) is 0 Å². The predicted molar refractivity (Wildman–Crippen MR) is 73.4 cm³/mol. The maximum atomic E-state index is 12.8. The van der Waals surface area contributed by atoms with Gasteiger partial charge in [0.1, 0.15) is 5.82 Å². The highest BCUT2D eigenvalue weighted by atomic mass is 35.5. The minimum absolute atomic E-state index is 0. The first-order valence-corrected chi connectivity index (χ1v) is 5.44. The molecule has 1 aliphatic rings. The van der Waals surface area contributed by atoms with Crippen LogP contribution in [0.1, 0.15) is 10.4 Å². The summed E-state index contributed by atoms with van der Waals surface area (Å²) in [6.45, 7) is 1.58. The highest BCUT2D eigenvalue weighted by molar-refractivity contribution is 5.93. The number of amides is 1. The Bertz CT molecular complexity index is 423. The summed E-state index contributed by atoms with van der Waals surface area (Å²) in [6, 6.07) is 1.13. The fourth-order valence-corrected chi connectivity index (χ4v) is 1.79. The first-order valence-electron chi connectivity index (χ1n) is 5.44. The van der Waals surface area contributed by atoms with Gasteiger partial charge in [-0.1, -0.05) is 0 Å². The number of nitrogens with zero attached hydrogens (tertiary/aromatic N) is 1. The molecule has 2 heterocycles. The van der Waals surface area contributed by atoms with Gasteiger partial charge in [-0.05, 0) is 6.07 Å². The van der Waals surface area contributed by atoms with Gasteiger partial charge in [-0.15, -0.1) is 24.8 Å². The van der Waals surface area contributed by atoms with Crippen LogP contribution in [0.3, 0.4) is 0 Å². The largest absolute Gasteiger partial charge is 0.391 e. The van der Waals surface area contributed by atoms with Crippen molar-refractivity contribution in [2.75, 3.05) is 19.6 Å². The van der Waals surface area contributed by atoms with E-state index in [0.29, 0.717) is 19.6 Å². The Hall–Kier alpha value is -0.950. The monoisotopic (exact) mass is 311 g/mol. The lowest BCUT2D eigenvalue weighted by molar-refractivity contribution is 0.0926. The van der Waals surface area contributed by atoms with Crippen LogP contribution >= 0.6 is 24.8 Å². The fraction of sp³-hybridized carbons (Fsp3) is 0.455. The summed E-state index contributed by atoms with van der Waals surface area (Å²) in [6.07, 6.45) is 1.91. The number of nitrogens with one attached hydrogen (secondary N) is 2. The Morgan fingerprint density at radius 3 is 2.79 bits per heavy atom. The summed E-state index contributed by atoms with van der Waals surface area (Å²) >= 11 is 0. The van der Waals surface area contributed by atoms with Crippen molar-refractivity contribution in [1.29, 1.82) is 0 Å². The van der Waals surface area contributed by atoms with Crippen LogP contribution in [0.5, 0.6) is 0 Å². The van der Waals surface area contributed by atoms with Crippen LogP contribution in [-0.2, 0) is 0 Å². The van der Waals surface area contributed by atoms with E-state index in [1.807, 2.05) is 0 Å². The normalized spacial score (nSPS) is 21.2. The van der Waals surface area contributed by atoms with E-state index in [1.54, 1.807) is 0 Å². The summed E-state index contributed by atoms with van der Waals surface area (Å²) < 4.78 is 12.8. The molecule has 5 nitrogen and oxygen atoms in total. The minimum Gasteiger partial charge on any atom is -0.391 e. The number of aliphatic hydroxyl groups excluding tert-OH is 1. The number of β-amino-alcohol motifs (C(OH)–C–C–N with tert-alkyl or cyclic N) is 1. The van der Waals surface area contributed by atoms with E-state index in [4.69, 9.17) is 0 Å². The lowest BCUT2D eigenvalue weighted by atomic mass is 10.1. The molecule has 1 amide bonds. The van der Waals surface area contributed by atoms with E-state index in [-0.39, 0.29) is 42.2 Å². The number of carbonyl (C=O) groups excluding carboxylic acids is 1. The Balaban J connectivity index is 0.00000162. The minimum atomic E-state index is -0.541. The fourth-order valence-electron chi connectivity index (χ4n) is 1.79. The summed E-state index contributed by atoms with van der Waals surface area (Å²) in [5, 5.41) is 15.2. The molecule has 0 saturated carbocycles. The molecule has 1 aliphatic heterocycles. The Morgan fingerprint density at radius 1 is 1.47 bits per heavy atom. The van der Waals surface area contributed by atoms with Gasteiger partial charge >= 0.3 is 0 Å². The van der Waals surface area contributed by atoms with Gasteiger partial charge in [0.25, 0.3) is 5.91 Å². The summed E-state index contributed by atoms with van der Waals surface area (Å²) in [5.74, 6) is -0.920. The van der Waals surface area contributed by atoms with Gasteiger partial charge in [-0.25, -0.2) is 4.39 Å². The highest BCUT2D eigenvalue weighted by Gasteiger charge is 2.25. The molecule has 0 spiro atoms. The van der Waals surface area contributed by atoms with Crippen LogP contribution in [0.25, 0.3) is 0 Å². The number of aliphatic hydroxyl groups is 1. The molecular formula is C11H16Cl2FN3O2. The second kappa shape index (κ2) is 8.27. The molecular weight excluding hydrogens is 296 g/mol. The van der Waals surface area contributed by atoms with Crippen LogP contribution < -0.4 is 10.6 Å². The SMILES string of the molecule is Cl.Cl.O=C(NCC1CNCC1O)c1cncc(F)c1. The van der Waals surface area contributed by atoms with Crippen molar-refractivity contribution in [3.05, 3.63) is 29.8 Å². The number of pyridine rings is 1. The third kappa shape index (κ3) is 4.91. The van der Waals surface area contributed by atoms with Gasteiger partial charge in [-0.3, -0.25) is 9.78 Å². The molecule has 19 heavy (non-hydrogen) atoms. The van der Waals surface area contributed by atoms with E-state index in [0.717, 1.165) is 12.3 Å². The lowest BCUT2D eigenvalue weighted by Crippen LogP contribution is -2.34. The number of carbonyl (C=O) groups is 1. The average Bonchev–Trinajstić information content (AvgIpc) is 2.72. The third-order valence-corrected chi connectivity index (χ3v) is 2.80. The average molecular weight is 312 g/mol. The number of aromatic nitrogens is 1. The number of rotatable bonds is 3. The number of hydrogen-bond donors (Lipinski definition) is 3. The molecule has 108 valence electrons. The highest BCUT2D eigenvalue weighted by Crippen LogP contribution is 2.07. The third-order valence-electron chi connectivity index (χ3n) is 2.80. The summed E-state index contributed by atoms with van der Waals surface area (Å²) in [7, 11) is 0. The Morgan fingerprint density at radius 2 is 2.21 bits per heavy atom. The van der Waals surface area contributed by atoms with Crippen molar-refractivity contribution < 1.29 is 14.3 Å². The van der Waals surface area contributed by atoms with Crippen LogP contribution in [0.2, 0.25) is 0 Å². The van der Waals surface area contributed by atoms with Gasteiger partial charge in [0.05, 0.1) is 17.9 Å². The Kier molecular flexibility index (Phi) is 7.85. The smallest absolute Gasteiger partial charge is 0.252 e. The molecule has 3 N–H and O–H groups in total. The van der Waals surface area contributed by atoms with Crippen LogP contribution in [0.4, 0.5) is 4.39 Å². The van der Waals surface area contributed by atoms with E-state index in [9.17, 15) is 14.3 Å². The van der Waals surface area contributed by atoms with E-state index in [2.05, 4.69) is 15.6 Å². The quantitative estimate of drug-likeness (QED) is 0.754. The molecule has 2 rings (SSSR count). The molecule has 1 fully saturated rings. The zero-order chi connectivity index (χ0) is 12.3. The summed E-state index contributed by atoms with van der Waals surface area (Å²) in [4.78, 5) is 15.2. The summed E-state index contributed by atoms with van der Waals surface area (Å²) in [5.41, 5.74) is 0.186. The van der Waals surface area contributed by atoms with Crippen molar-refractivity contribution in [2.24, 2.45) is 5.92 Å². The molecule has 1 aromatic heterocycles. The molecule has 0 bridgehead atoms. The molecule has 2 atom stereocenters. The lowest BCUT2D eigenvalue weighted by Gasteiger charge is -2.13. The van der Waals surface area contributed by atoms with Crippen molar-refractivity contribution in [3.8, 4) is 0 Å². The second-order valence-electron chi connectivity index (χ2n) is 4.09. The van der Waals surface area contributed by atoms with Crippen LogP contribution in [0.15, 0.2) is 18.5 Å². The molecule has 1 aromatic rings. The van der Waals surface area contributed by atoms with E-state index in [1.165, 1.54) is 6.20 Å². The second-order valence-corrected chi connectivity index (χ2v) is 4.09. The van der Waals surface area contributed by atoms with Crippen LogP contribution in [-0.4, -0.2) is 41.7 Å². The van der Waals surface area contributed by atoms with Crippen molar-refractivity contribution in [2.45, 2.75) is 6.10 Å². The number of halogens is 3. The van der Waals surface area contributed by atoms with E-state index >= 15 is 0 Å². The van der Waals surface area contributed by atoms with Gasteiger partial charge in [0, 0.05) is 31.7 Å². The zero-order valence-electron chi connectivity index (χ0n) is 10.0. The molecule has 0 radical (unpaired) electrons. The Labute approximate surface area is 122 Å². The molecule has 0 aromatic carbocycles. The van der Waals surface area contributed by atoms with Crippen LogP contribution in [0, 0.1) is 11.7 Å². The zero-order valence-corrected chi connectivity index (χ0v) is 11.6. The molecule has 8 heteroatoms. The van der Waals surface area contributed by atoms with Crippen molar-refractivity contribution in [3.63, 3.8) is 0 Å². The predicted octanol–water partition coefficient (Wildman–Crippen LogP) is 0.374. The number of hydrogen-bond acceptors (Lipinski definition) is 4. The molecule has 0 aliphatic carbocycles. The van der Waals surface area contributed by atoms with Gasteiger partial charge < -0.3 is 15.7 Å². The standard InChI is InChI=1S/C11H14FN3O2.2ClH/c12-9-1-7(2-13-5-9)11(17)15-4-8-3-14-6-10(8)16;;/h1-2,5,8,10,14,16H,3-4,6H2,(H,15,17);2*1H. The maximum absolute atomic E-state index is 12.8. The maximum Gasteiger partial charge on any atom is 0.252 e. The van der Waals surface area contributed by atoms with Crippen molar-refractivity contribution in [1.82, 2.24) is 15.6 Å². The molecule has 1 saturated heterocycles. The van der Waals surface area contributed by atoms with Gasteiger partial charge in [0.15, 0.2) is 0 Å².